The number of hydrogen-bond acceptors (Lipinski definition) is 9. The number of aromatic nitrogens is 3. The maximum Gasteiger partial charge on any atom is 0.319 e. The first-order valence-corrected chi connectivity index (χ1v) is 15.1. The van der Waals surface area contributed by atoms with Gasteiger partial charge < -0.3 is 24.6 Å². The van der Waals surface area contributed by atoms with Crippen molar-refractivity contribution < 1.29 is 32.9 Å². The van der Waals surface area contributed by atoms with E-state index in [1.54, 1.807) is 18.9 Å². The fraction of sp³-hybridized carbons (Fsp3) is 0.469. The topological polar surface area (TPSA) is 104 Å². The molecule has 0 radical (unpaired) electrons. The molecule has 4 atom stereocenters. The SMILES string of the molecule is CCc1c(F)ccc2cc(O)cc(-c3nc4c5c(nc(OC6CC[C@@H](F)CN7CCC[C@H]67)nc5c3F)N(C)[C@@H](CO)CO4)c12. The number of phenols is 1. The highest BCUT2D eigenvalue weighted by molar-refractivity contribution is 6.03. The highest BCUT2D eigenvalue weighted by Gasteiger charge is 2.39. The summed E-state index contributed by atoms with van der Waals surface area (Å²) in [6.07, 6.45) is 1.57. The largest absolute Gasteiger partial charge is 0.508 e. The van der Waals surface area contributed by atoms with Crippen LogP contribution in [0.5, 0.6) is 17.6 Å². The van der Waals surface area contributed by atoms with Crippen molar-refractivity contribution >= 4 is 27.5 Å². The Kier molecular flexibility index (Phi) is 7.36. The van der Waals surface area contributed by atoms with Crippen LogP contribution in [-0.2, 0) is 6.42 Å². The molecular weight excluding hydrogens is 575 g/mol. The first-order chi connectivity index (χ1) is 21.3. The van der Waals surface area contributed by atoms with Crippen LogP contribution in [0.15, 0.2) is 24.3 Å². The van der Waals surface area contributed by atoms with E-state index in [9.17, 15) is 19.0 Å². The smallest absolute Gasteiger partial charge is 0.319 e. The summed E-state index contributed by atoms with van der Waals surface area (Å²) in [6.45, 7) is 2.71. The van der Waals surface area contributed by atoms with Crippen molar-refractivity contribution in [2.75, 3.05) is 38.3 Å². The Balaban J connectivity index is 1.44. The molecule has 0 aliphatic carbocycles. The molecule has 4 aromatic rings. The van der Waals surface area contributed by atoms with Gasteiger partial charge >= 0.3 is 6.01 Å². The second-order valence-electron chi connectivity index (χ2n) is 11.9. The van der Waals surface area contributed by atoms with Gasteiger partial charge in [-0.05, 0) is 73.2 Å². The number of rotatable bonds is 5. The van der Waals surface area contributed by atoms with Gasteiger partial charge in [0.25, 0.3) is 0 Å². The molecule has 3 aliphatic rings. The van der Waals surface area contributed by atoms with E-state index in [0.29, 0.717) is 42.1 Å². The quantitative estimate of drug-likeness (QED) is 0.326. The maximum absolute atomic E-state index is 16.8. The van der Waals surface area contributed by atoms with E-state index in [-0.39, 0.29) is 64.9 Å². The minimum absolute atomic E-state index is 0.00476. The molecule has 0 bridgehead atoms. The monoisotopic (exact) mass is 609 g/mol. The van der Waals surface area contributed by atoms with Gasteiger partial charge in [0.15, 0.2) is 5.82 Å². The second kappa shape index (κ2) is 11.2. The number of halogens is 3. The summed E-state index contributed by atoms with van der Waals surface area (Å²) in [5, 5.41) is 21.9. The van der Waals surface area contributed by atoms with Gasteiger partial charge in [-0.3, -0.25) is 4.90 Å². The minimum atomic E-state index is -0.955. The van der Waals surface area contributed by atoms with E-state index in [4.69, 9.17) is 9.47 Å². The van der Waals surface area contributed by atoms with E-state index in [0.717, 1.165) is 19.4 Å². The summed E-state index contributed by atoms with van der Waals surface area (Å²) in [6, 6.07) is 5.10. The fourth-order valence-electron chi connectivity index (χ4n) is 7.02. The first-order valence-electron chi connectivity index (χ1n) is 15.1. The summed E-state index contributed by atoms with van der Waals surface area (Å²) in [4.78, 5) is 17.6. The molecule has 2 aromatic heterocycles. The number of alkyl halides is 1. The predicted molar refractivity (Wildman–Crippen MR) is 159 cm³/mol. The zero-order chi connectivity index (χ0) is 30.7. The molecular formula is C32H34F3N5O4. The number of hydrogen-bond donors (Lipinski definition) is 2. The molecule has 7 rings (SSSR count). The summed E-state index contributed by atoms with van der Waals surface area (Å²) in [7, 11) is 1.72. The lowest BCUT2D eigenvalue weighted by molar-refractivity contribution is 0.0910. The standard InChI is InChI=1S/C32H34F3N5O4/c1-3-20-22(34)8-6-16-11-19(42)12-21(25(16)20)28-27(35)29-26-30(39(2)18(14-41)15-43-31(26)36-28)38-32(37-29)44-24-9-7-17(33)13-40-10-4-5-23(24)40/h6,8,11-12,17-18,23-24,41-42H,3-5,7,9-10,13-15H2,1-2H3/t17-,18+,23-,24?/m1/s1. The van der Waals surface area contributed by atoms with Gasteiger partial charge in [-0.15, -0.1) is 0 Å². The van der Waals surface area contributed by atoms with Gasteiger partial charge in [0.2, 0.25) is 5.88 Å². The van der Waals surface area contributed by atoms with E-state index < -0.39 is 30.0 Å². The molecule has 2 N–H and O–H groups in total. The molecule has 232 valence electrons. The average Bonchev–Trinajstić information content (AvgIpc) is 3.35. The Hall–Kier alpha value is -3.90. The van der Waals surface area contributed by atoms with Crippen LogP contribution in [0.25, 0.3) is 32.9 Å². The molecule has 9 nitrogen and oxygen atoms in total. The van der Waals surface area contributed by atoms with Crippen molar-refractivity contribution in [3.05, 3.63) is 41.5 Å². The summed E-state index contributed by atoms with van der Waals surface area (Å²) in [5.74, 6) is -1.08. The third kappa shape index (κ3) is 4.75. The Labute approximate surface area is 252 Å². The average molecular weight is 610 g/mol. The van der Waals surface area contributed by atoms with Crippen molar-refractivity contribution in [1.29, 1.82) is 0 Å². The summed E-state index contributed by atoms with van der Waals surface area (Å²) in [5.41, 5.74) is 0.250. The van der Waals surface area contributed by atoms with E-state index >= 15 is 4.39 Å². The maximum atomic E-state index is 16.8. The number of fused-ring (bicyclic) bond motifs is 2. The number of aliphatic hydroxyl groups excluding tert-OH is 1. The third-order valence-electron chi connectivity index (χ3n) is 9.28. The van der Waals surface area contributed by atoms with Gasteiger partial charge in [-0.2, -0.15) is 9.97 Å². The predicted octanol–water partition coefficient (Wildman–Crippen LogP) is 4.92. The van der Waals surface area contributed by atoms with Crippen LogP contribution < -0.4 is 14.4 Å². The number of nitrogens with zero attached hydrogens (tertiary/aromatic N) is 5. The number of benzene rings is 2. The van der Waals surface area contributed by atoms with E-state index in [1.807, 2.05) is 0 Å². The molecule has 2 saturated heterocycles. The number of pyridine rings is 1. The summed E-state index contributed by atoms with van der Waals surface area (Å²) >= 11 is 0. The lowest BCUT2D eigenvalue weighted by Crippen LogP contribution is -2.42. The number of aliphatic hydroxyl groups is 1. The van der Waals surface area contributed by atoms with Gasteiger partial charge in [-0.25, -0.2) is 18.2 Å². The first kappa shape index (κ1) is 28.8. The Bertz CT molecular complexity index is 1760. The lowest BCUT2D eigenvalue weighted by atomic mass is 9.94. The van der Waals surface area contributed by atoms with Crippen LogP contribution in [0.1, 0.15) is 38.2 Å². The molecule has 0 amide bonds. The number of aryl methyl sites for hydroxylation is 1. The number of aromatic hydroxyl groups is 1. The van der Waals surface area contributed by atoms with E-state index in [1.165, 1.54) is 24.3 Å². The Morgan fingerprint density at radius 1 is 1.09 bits per heavy atom. The van der Waals surface area contributed by atoms with Crippen LogP contribution in [0.3, 0.4) is 0 Å². The third-order valence-corrected chi connectivity index (χ3v) is 9.28. The van der Waals surface area contributed by atoms with Crippen molar-refractivity contribution in [2.24, 2.45) is 0 Å². The molecule has 44 heavy (non-hydrogen) atoms. The zero-order valence-electron chi connectivity index (χ0n) is 24.6. The number of phenolic OH excluding ortho intramolecular Hbond substituents is 1. The number of likely N-dealkylation sites (N-methyl/N-ethyl adjacent to an activating group) is 1. The van der Waals surface area contributed by atoms with Crippen molar-refractivity contribution in [1.82, 2.24) is 19.9 Å². The molecule has 2 aromatic carbocycles. The number of anilines is 1. The lowest BCUT2D eigenvalue weighted by Gasteiger charge is -2.29. The Morgan fingerprint density at radius 3 is 2.73 bits per heavy atom. The zero-order valence-corrected chi connectivity index (χ0v) is 24.6. The van der Waals surface area contributed by atoms with Crippen molar-refractivity contribution in [2.45, 2.75) is 63.4 Å². The van der Waals surface area contributed by atoms with Gasteiger partial charge in [-0.1, -0.05) is 13.0 Å². The molecule has 3 aliphatic heterocycles. The van der Waals surface area contributed by atoms with Crippen molar-refractivity contribution in [3.63, 3.8) is 0 Å². The normalized spacial score (nSPS) is 23.8. The van der Waals surface area contributed by atoms with Crippen LogP contribution >= 0.6 is 0 Å². The Morgan fingerprint density at radius 2 is 1.93 bits per heavy atom. The molecule has 1 unspecified atom stereocenters. The van der Waals surface area contributed by atoms with E-state index in [2.05, 4.69) is 19.9 Å². The molecule has 12 heteroatoms. The highest BCUT2D eigenvalue weighted by Crippen LogP contribution is 2.43. The van der Waals surface area contributed by atoms with Crippen LogP contribution in [0.4, 0.5) is 19.0 Å². The van der Waals surface area contributed by atoms with Gasteiger partial charge in [0, 0.05) is 25.2 Å². The molecule has 5 heterocycles. The highest BCUT2D eigenvalue weighted by atomic mass is 19.1. The van der Waals surface area contributed by atoms with Gasteiger partial charge in [0.1, 0.15) is 52.9 Å². The number of ether oxygens (including phenoxy) is 2. The van der Waals surface area contributed by atoms with Gasteiger partial charge in [0.05, 0.1) is 12.6 Å². The minimum Gasteiger partial charge on any atom is -0.508 e. The fourth-order valence-corrected chi connectivity index (χ4v) is 7.02. The molecule has 0 saturated carbocycles. The van der Waals surface area contributed by atoms with Crippen LogP contribution in [0, 0.1) is 11.6 Å². The summed E-state index contributed by atoms with van der Waals surface area (Å²) < 4.78 is 58.8. The van der Waals surface area contributed by atoms with Crippen LogP contribution in [-0.4, -0.2) is 87.8 Å². The second-order valence-corrected chi connectivity index (χ2v) is 11.9. The molecule has 2 fully saturated rings. The van der Waals surface area contributed by atoms with Crippen molar-refractivity contribution in [3.8, 4) is 28.9 Å². The molecule has 0 spiro atoms. The van der Waals surface area contributed by atoms with Crippen LogP contribution in [0.2, 0.25) is 0 Å².